The predicted molar refractivity (Wildman–Crippen MR) is 68.9 cm³/mol. The molecule has 18 heavy (non-hydrogen) atoms. The third-order valence-electron chi connectivity index (χ3n) is 3.91. The van der Waals surface area contributed by atoms with Crippen molar-refractivity contribution in [1.29, 1.82) is 0 Å². The molecule has 2 saturated heterocycles. The summed E-state index contributed by atoms with van der Waals surface area (Å²) in [7, 11) is 0. The summed E-state index contributed by atoms with van der Waals surface area (Å²) in [6.07, 6.45) is 1.60. The SMILES string of the molecule is CC(CN1CCCC1=O)NC(=O)C1CNCC1C. The molecule has 0 radical (unpaired) electrons. The van der Waals surface area contributed by atoms with Gasteiger partial charge in [-0.2, -0.15) is 0 Å². The molecule has 0 aliphatic carbocycles. The highest BCUT2D eigenvalue weighted by Gasteiger charge is 2.30. The van der Waals surface area contributed by atoms with E-state index in [0.29, 0.717) is 18.9 Å². The molecule has 3 atom stereocenters. The molecular weight excluding hydrogens is 230 g/mol. The fourth-order valence-electron chi connectivity index (χ4n) is 2.78. The minimum atomic E-state index is 0.0346. The number of likely N-dealkylation sites (tertiary alicyclic amines) is 1. The van der Waals surface area contributed by atoms with Crippen LogP contribution in [0.25, 0.3) is 0 Å². The second-order valence-electron chi connectivity index (χ2n) is 5.59. The molecule has 102 valence electrons. The molecule has 2 rings (SSSR count). The molecule has 3 unspecified atom stereocenters. The van der Waals surface area contributed by atoms with Crippen LogP contribution in [0.3, 0.4) is 0 Å². The van der Waals surface area contributed by atoms with Crippen molar-refractivity contribution in [3.8, 4) is 0 Å². The van der Waals surface area contributed by atoms with Crippen molar-refractivity contribution >= 4 is 11.8 Å². The average Bonchev–Trinajstić information content (AvgIpc) is 2.88. The lowest BCUT2D eigenvalue weighted by molar-refractivity contribution is -0.130. The third-order valence-corrected chi connectivity index (χ3v) is 3.91. The van der Waals surface area contributed by atoms with Gasteiger partial charge >= 0.3 is 0 Å². The molecule has 2 amide bonds. The van der Waals surface area contributed by atoms with Crippen molar-refractivity contribution < 1.29 is 9.59 Å². The van der Waals surface area contributed by atoms with E-state index in [9.17, 15) is 9.59 Å². The van der Waals surface area contributed by atoms with Gasteiger partial charge in [-0.25, -0.2) is 0 Å². The minimum Gasteiger partial charge on any atom is -0.352 e. The largest absolute Gasteiger partial charge is 0.352 e. The fraction of sp³-hybridized carbons (Fsp3) is 0.846. The van der Waals surface area contributed by atoms with Crippen molar-refractivity contribution in [3.05, 3.63) is 0 Å². The van der Waals surface area contributed by atoms with Gasteiger partial charge in [0.1, 0.15) is 0 Å². The van der Waals surface area contributed by atoms with E-state index in [1.165, 1.54) is 0 Å². The Balaban J connectivity index is 1.78. The molecule has 0 spiro atoms. The van der Waals surface area contributed by atoms with E-state index >= 15 is 0 Å². The van der Waals surface area contributed by atoms with Gasteiger partial charge in [0, 0.05) is 32.1 Å². The van der Waals surface area contributed by atoms with E-state index in [4.69, 9.17) is 0 Å². The number of rotatable bonds is 4. The quantitative estimate of drug-likeness (QED) is 0.739. The molecule has 2 aliphatic rings. The van der Waals surface area contributed by atoms with Crippen molar-refractivity contribution in [2.24, 2.45) is 11.8 Å². The van der Waals surface area contributed by atoms with E-state index < -0.39 is 0 Å². The van der Waals surface area contributed by atoms with E-state index in [-0.39, 0.29) is 23.8 Å². The Morgan fingerprint density at radius 2 is 2.33 bits per heavy atom. The number of amides is 2. The molecule has 0 bridgehead atoms. The Hall–Kier alpha value is -1.10. The van der Waals surface area contributed by atoms with Gasteiger partial charge in [0.2, 0.25) is 11.8 Å². The first-order valence-corrected chi connectivity index (χ1v) is 6.87. The number of carbonyl (C=O) groups is 2. The molecule has 0 aromatic heterocycles. The summed E-state index contributed by atoms with van der Waals surface area (Å²) in [6, 6.07) is 0.0346. The monoisotopic (exact) mass is 253 g/mol. The van der Waals surface area contributed by atoms with Crippen LogP contribution in [0.5, 0.6) is 0 Å². The van der Waals surface area contributed by atoms with Gasteiger partial charge in [-0.1, -0.05) is 6.92 Å². The van der Waals surface area contributed by atoms with Crippen LogP contribution < -0.4 is 10.6 Å². The molecule has 5 heteroatoms. The highest BCUT2D eigenvalue weighted by Crippen LogP contribution is 2.16. The van der Waals surface area contributed by atoms with Gasteiger partial charge in [-0.15, -0.1) is 0 Å². The lowest BCUT2D eigenvalue weighted by Gasteiger charge is -2.23. The second kappa shape index (κ2) is 5.69. The summed E-state index contributed by atoms with van der Waals surface area (Å²) in [5.74, 6) is 0.797. The number of carbonyl (C=O) groups excluding carboxylic acids is 2. The van der Waals surface area contributed by atoms with Crippen LogP contribution in [0.1, 0.15) is 26.7 Å². The van der Waals surface area contributed by atoms with E-state index in [2.05, 4.69) is 17.6 Å². The van der Waals surface area contributed by atoms with Crippen LogP contribution in [0, 0.1) is 11.8 Å². The summed E-state index contributed by atoms with van der Waals surface area (Å²) in [5.41, 5.74) is 0. The Bertz CT molecular complexity index is 332. The first-order chi connectivity index (χ1) is 8.58. The Morgan fingerprint density at radius 1 is 1.56 bits per heavy atom. The summed E-state index contributed by atoms with van der Waals surface area (Å²) in [4.78, 5) is 25.4. The summed E-state index contributed by atoms with van der Waals surface area (Å²) in [6.45, 7) is 7.22. The summed E-state index contributed by atoms with van der Waals surface area (Å²) >= 11 is 0. The standard InChI is InChI=1S/C13H23N3O2/c1-9-6-14-7-11(9)13(18)15-10(2)8-16-5-3-4-12(16)17/h9-11,14H,3-8H2,1-2H3,(H,15,18). The number of hydrogen-bond donors (Lipinski definition) is 2. The van der Waals surface area contributed by atoms with Crippen LogP contribution in [0.15, 0.2) is 0 Å². The lowest BCUT2D eigenvalue weighted by Crippen LogP contribution is -2.45. The van der Waals surface area contributed by atoms with Gasteiger partial charge in [-0.3, -0.25) is 9.59 Å². The molecule has 0 saturated carbocycles. The highest BCUT2D eigenvalue weighted by atomic mass is 16.2. The van der Waals surface area contributed by atoms with E-state index in [1.807, 2.05) is 11.8 Å². The zero-order valence-electron chi connectivity index (χ0n) is 11.2. The van der Waals surface area contributed by atoms with E-state index in [0.717, 1.165) is 26.1 Å². The van der Waals surface area contributed by atoms with Crippen LogP contribution >= 0.6 is 0 Å². The van der Waals surface area contributed by atoms with Crippen LogP contribution in [-0.2, 0) is 9.59 Å². The van der Waals surface area contributed by atoms with Crippen LogP contribution in [0.2, 0.25) is 0 Å². The number of hydrogen-bond acceptors (Lipinski definition) is 3. The van der Waals surface area contributed by atoms with Gasteiger partial charge < -0.3 is 15.5 Å². The molecule has 2 fully saturated rings. The van der Waals surface area contributed by atoms with E-state index in [1.54, 1.807) is 0 Å². The smallest absolute Gasteiger partial charge is 0.224 e. The molecule has 2 heterocycles. The van der Waals surface area contributed by atoms with Gasteiger partial charge in [0.05, 0.1) is 5.92 Å². The number of nitrogens with one attached hydrogen (secondary N) is 2. The molecule has 2 aliphatic heterocycles. The van der Waals surface area contributed by atoms with Gasteiger partial charge in [-0.05, 0) is 25.8 Å². The maximum atomic E-state index is 12.1. The fourth-order valence-corrected chi connectivity index (χ4v) is 2.78. The summed E-state index contributed by atoms with van der Waals surface area (Å²) in [5, 5.41) is 6.26. The maximum absolute atomic E-state index is 12.1. The zero-order chi connectivity index (χ0) is 13.1. The van der Waals surface area contributed by atoms with Gasteiger partial charge in [0.15, 0.2) is 0 Å². The Labute approximate surface area is 108 Å². The predicted octanol–water partition coefficient (Wildman–Crippen LogP) is -0.0310. The van der Waals surface area contributed by atoms with Crippen molar-refractivity contribution in [2.75, 3.05) is 26.2 Å². The van der Waals surface area contributed by atoms with Crippen LogP contribution in [-0.4, -0.2) is 48.9 Å². The molecule has 0 aromatic carbocycles. The van der Waals surface area contributed by atoms with Crippen molar-refractivity contribution in [2.45, 2.75) is 32.7 Å². The third kappa shape index (κ3) is 3.02. The zero-order valence-corrected chi connectivity index (χ0v) is 11.2. The van der Waals surface area contributed by atoms with Gasteiger partial charge in [0.25, 0.3) is 0 Å². The Morgan fingerprint density at radius 3 is 2.89 bits per heavy atom. The maximum Gasteiger partial charge on any atom is 0.224 e. The molecule has 5 nitrogen and oxygen atoms in total. The molecule has 2 N–H and O–H groups in total. The second-order valence-corrected chi connectivity index (χ2v) is 5.59. The first-order valence-electron chi connectivity index (χ1n) is 6.87. The van der Waals surface area contributed by atoms with Crippen LogP contribution in [0.4, 0.5) is 0 Å². The molecular formula is C13H23N3O2. The first kappa shape index (κ1) is 13.3. The lowest BCUT2D eigenvalue weighted by atomic mass is 9.97. The minimum absolute atomic E-state index is 0.0346. The van der Waals surface area contributed by atoms with Crippen molar-refractivity contribution in [3.63, 3.8) is 0 Å². The average molecular weight is 253 g/mol. The molecule has 0 aromatic rings. The Kier molecular flexibility index (Phi) is 4.22. The normalized spacial score (nSPS) is 29.7. The van der Waals surface area contributed by atoms with Crippen molar-refractivity contribution in [1.82, 2.24) is 15.5 Å². The highest BCUT2D eigenvalue weighted by molar-refractivity contribution is 5.80. The number of nitrogens with zero attached hydrogens (tertiary/aromatic N) is 1. The summed E-state index contributed by atoms with van der Waals surface area (Å²) < 4.78 is 0. The topological polar surface area (TPSA) is 61.4 Å².